The van der Waals surface area contributed by atoms with E-state index >= 15 is 0 Å². The molecule has 0 aromatic carbocycles. The van der Waals surface area contributed by atoms with Crippen molar-refractivity contribution >= 4 is 10.1 Å². The standard InChI is InChI=1S/C6H14O7S/c1-14(9,10)13-6(2-11-4-7)3-12-5-8/h6-8H,2-5H2,1H3. The van der Waals surface area contributed by atoms with Gasteiger partial charge in [0.15, 0.2) is 0 Å². The molecule has 0 atom stereocenters. The summed E-state index contributed by atoms with van der Waals surface area (Å²) < 4.78 is 35.0. The van der Waals surface area contributed by atoms with E-state index in [9.17, 15) is 8.42 Å². The summed E-state index contributed by atoms with van der Waals surface area (Å²) in [5.74, 6) is 0. The molecule has 0 aromatic rings. The number of aliphatic hydroxyl groups excluding tert-OH is 2. The Morgan fingerprint density at radius 1 is 1.14 bits per heavy atom. The minimum absolute atomic E-state index is 0.135. The number of ether oxygens (including phenoxy) is 2. The summed E-state index contributed by atoms with van der Waals surface area (Å²) in [6.07, 6.45) is 0.0158. The summed E-state index contributed by atoms with van der Waals surface area (Å²) in [7, 11) is -3.61. The molecule has 0 aromatic heterocycles. The number of hydrogen-bond donors (Lipinski definition) is 2. The topological polar surface area (TPSA) is 102 Å². The van der Waals surface area contributed by atoms with E-state index in [0.717, 1.165) is 6.26 Å². The van der Waals surface area contributed by atoms with E-state index in [1.54, 1.807) is 0 Å². The zero-order valence-corrected chi connectivity index (χ0v) is 8.57. The van der Waals surface area contributed by atoms with Gasteiger partial charge in [-0.15, -0.1) is 0 Å². The lowest BCUT2D eigenvalue weighted by Gasteiger charge is -2.14. The molecular formula is C6H14O7S. The lowest BCUT2D eigenvalue weighted by Crippen LogP contribution is -2.28. The maximum Gasteiger partial charge on any atom is 0.264 e. The smallest absolute Gasteiger partial charge is 0.264 e. The van der Waals surface area contributed by atoms with Gasteiger partial charge in [-0.3, -0.25) is 4.18 Å². The van der Waals surface area contributed by atoms with Crippen LogP contribution in [-0.2, 0) is 23.8 Å². The van der Waals surface area contributed by atoms with Gasteiger partial charge in [0.1, 0.15) is 19.7 Å². The lowest BCUT2D eigenvalue weighted by atomic mass is 10.4. The average molecular weight is 230 g/mol. The highest BCUT2D eigenvalue weighted by Crippen LogP contribution is 1.99. The van der Waals surface area contributed by atoms with E-state index in [4.69, 9.17) is 10.2 Å². The molecule has 86 valence electrons. The third-order valence-corrected chi connectivity index (χ3v) is 1.72. The molecule has 0 unspecified atom stereocenters. The van der Waals surface area contributed by atoms with E-state index in [1.807, 2.05) is 0 Å². The van der Waals surface area contributed by atoms with E-state index in [0.29, 0.717) is 0 Å². The maximum atomic E-state index is 10.7. The van der Waals surface area contributed by atoms with Gasteiger partial charge in [-0.25, -0.2) is 0 Å². The first kappa shape index (κ1) is 13.8. The zero-order chi connectivity index (χ0) is 11.0. The van der Waals surface area contributed by atoms with Crippen molar-refractivity contribution in [3.05, 3.63) is 0 Å². The average Bonchev–Trinajstić information content (AvgIpc) is 2.07. The summed E-state index contributed by atoms with van der Waals surface area (Å²) in [6, 6.07) is 0. The zero-order valence-electron chi connectivity index (χ0n) is 7.75. The van der Waals surface area contributed by atoms with Gasteiger partial charge in [0.05, 0.1) is 19.5 Å². The Morgan fingerprint density at radius 2 is 1.57 bits per heavy atom. The van der Waals surface area contributed by atoms with Gasteiger partial charge in [0, 0.05) is 0 Å². The number of hydrogen-bond acceptors (Lipinski definition) is 7. The first-order valence-electron chi connectivity index (χ1n) is 3.75. The van der Waals surface area contributed by atoms with Gasteiger partial charge in [-0.05, 0) is 0 Å². The largest absolute Gasteiger partial charge is 0.371 e. The van der Waals surface area contributed by atoms with Crippen molar-refractivity contribution in [3.8, 4) is 0 Å². The van der Waals surface area contributed by atoms with Crippen LogP contribution in [-0.4, -0.2) is 57.8 Å². The summed E-state index contributed by atoms with van der Waals surface area (Å²) in [5, 5.41) is 16.6. The normalized spacial score (nSPS) is 12.3. The van der Waals surface area contributed by atoms with Crippen LogP contribution in [0.2, 0.25) is 0 Å². The van der Waals surface area contributed by atoms with Crippen LogP contribution in [0.25, 0.3) is 0 Å². The van der Waals surface area contributed by atoms with Crippen LogP contribution in [0.15, 0.2) is 0 Å². The molecule has 7 nitrogen and oxygen atoms in total. The fraction of sp³-hybridized carbons (Fsp3) is 1.00. The maximum absolute atomic E-state index is 10.7. The van der Waals surface area contributed by atoms with Crippen LogP contribution in [0.3, 0.4) is 0 Å². The van der Waals surface area contributed by atoms with E-state index < -0.39 is 29.8 Å². The number of aliphatic hydroxyl groups is 2. The molecular weight excluding hydrogens is 216 g/mol. The second-order valence-corrected chi connectivity index (χ2v) is 4.02. The molecule has 0 saturated heterocycles. The molecule has 0 aliphatic carbocycles. The molecule has 0 aliphatic rings. The quantitative estimate of drug-likeness (QED) is 0.377. The molecule has 0 radical (unpaired) electrons. The van der Waals surface area contributed by atoms with E-state index in [1.165, 1.54) is 0 Å². The lowest BCUT2D eigenvalue weighted by molar-refractivity contribution is -0.0765. The molecule has 0 amide bonds. The predicted molar refractivity (Wildman–Crippen MR) is 45.8 cm³/mol. The number of rotatable bonds is 8. The van der Waals surface area contributed by atoms with Crippen molar-refractivity contribution in [1.29, 1.82) is 0 Å². The molecule has 0 bridgehead atoms. The highest BCUT2D eigenvalue weighted by atomic mass is 32.2. The van der Waals surface area contributed by atoms with Crippen molar-refractivity contribution in [2.24, 2.45) is 0 Å². The minimum Gasteiger partial charge on any atom is -0.371 e. The molecule has 14 heavy (non-hydrogen) atoms. The van der Waals surface area contributed by atoms with Crippen LogP contribution in [0, 0.1) is 0 Å². The van der Waals surface area contributed by atoms with Gasteiger partial charge in [-0.1, -0.05) is 0 Å². The van der Waals surface area contributed by atoms with Gasteiger partial charge >= 0.3 is 0 Å². The van der Waals surface area contributed by atoms with Crippen molar-refractivity contribution < 1.29 is 32.3 Å². The third-order valence-electron chi connectivity index (χ3n) is 1.10. The molecule has 0 heterocycles. The molecule has 0 spiro atoms. The molecule has 0 fully saturated rings. The van der Waals surface area contributed by atoms with Gasteiger partial charge in [0.2, 0.25) is 0 Å². The minimum atomic E-state index is -3.61. The van der Waals surface area contributed by atoms with Crippen molar-refractivity contribution in [2.45, 2.75) is 6.10 Å². The second kappa shape index (κ2) is 7.10. The van der Waals surface area contributed by atoms with Gasteiger partial charge in [0.25, 0.3) is 10.1 Å². The fourth-order valence-electron chi connectivity index (χ4n) is 0.719. The highest BCUT2D eigenvalue weighted by Gasteiger charge is 2.15. The molecule has 8 heteroatoms. The first-order valence-corrected chi connectivity index (χ1v) is 5.56. The predicted octanol–water partition coefficient (Wildman–Crippen LogP) is -1.74. The van der Waals surface area contributed by atoms with Crippen molar-refractivity contribution in [2.75, 3.05) is 33.1 Å². The van der Waals surface area contributed by atoms with Crippen LogP contribution in [0.4, 0.5) is 0 Å². The van der Waals surface area contributed by atoms with Crippen LogP contribution < -0.4 is 0 Å². The molecule has 2 N–H and O–H groups in total. The molecule has 0 rings (SSSR count). The monoisotopic (exact) mass is 230 g/mol. The Labute approximate surface area is 82.3 Å². The van der Waals surface area contributed by atoms with Gasteiger partial charge < -0.3 is 19.7 Å². The fourth-order valence-corrected chi connectivity index (χ4v) is 1.32. The van der Waals surface area contributed by atoms with E-state index in [-0.39, 0.29) is 13.2 Å². The summed E-state index contributed by atoms with van der Waals surface area (Å²) >= 11 is 0. The van der Waals surface area contributed by atoms with Crippen LogP contribution in [0.5, 0.6) is 0 Å². The van der Waals surface area contributed by atoms with E-state index in [2.05, 4.69) is 13.7 Å². The first-order chi connectivity index (χ1) is 6.49. The summed E-state index contributed by atoms with van der Waals surface area (Å²) in [4.78, 5) is 0. The Kier molecular flexibility index (Phi) is 6.97. The molecule has 0 aliphatic heterocycles. The summed E-state index contributed by atoms with van der Waals surface area (Å²) in [6.45, 7) is -1.35. The Hall–Kier alpha value is -0.250. The molecule has 0 saturated carbocycles. The van der Waals surface area contributed by atoms with Gasteiger partial charge in [-0.2, -0.15) is 8.42 Å². The van der Waals surface area contributed by atoms with Crippen molar-refractivity contribution in [3.63, 3.8) is 0 Å². The highest BCUT2D eigenvalue weighted by molar-refractivity contribution is 7.86. The third kappa shape index (κ3) is 8.35. The Bertz CT molecular complexity index is 216. The summed E-state index contributed by atoms with van der Waals surface area (Å²) in [5.41, 5.74) is 0. The van der Waals surface area contributed by atoms with Crippen molar-refractivity contribution in [1.82, 2.24) is 0 Å². The SMILES string of the molecule is CS(=O)(=O)OC(COCO)COCO. The Balaban J connectivity index is 3.96. The van der Waals surface area contributed by atoms with Crippen LogP contribution >= 0.6 is 0 Å². The second-order valence-electron chi connectivity index (χ2n) is 2.42. The van der Waals surface area contributed by atoms with Crippen LogP contribution in [0.1, 0.15) is 0 Å². The Morgan fingerprint density at radius 3 is 1.86 bits per heavy atom.